The highest BCUT2D eigenvalue weighted by Crippen LogP contribution is 2.48. The zero-order valence-electron chi connectivity index (χ0n) is 22.9. The normalized spacial score (nSPS) is 26.9. The van der Waals surface area contributed by atoms with Crippen LogP contribution in [-0.2, 0) is 23.3 Å². The van der Waals surface area contributed by atoms with Crippen LogP contribution in [0.3, 0.4) is 0 Å². The molecule has 11 heteroatoms. The minimum Gasteiger partial charge on any atom is -0.414 e. The van der Waals surface area contributed by atoms with Crippen molar-refractivity contribution in [2.24, 2.45) is 0 Å². The summed E-state index contributed by atoms with van der Waals surface area (Å²) >= 11 is 0. The fourth-order valence-electron chi connectivity index (χ4n) is 5.56. The fraction of sp³-hybridized carbons (Fsp3) is 0.833. The molecule has 3 heterocycles. The van der Waals surface area contributed by atoms with Crippen LogP contribution in [0.25, 0.3) is 0 Å². The number of aromatic amines is 1. The van der Waals surface area contributed by atoms with Gasteiger partial charge in [-0.3, -0.25) is 14.3 Å². The van der Waals surface area contributed by atoms with E-state index >= 15 is 0 Å². The maximum Gasteiger partial charge on any atom is 0.335 e. The van der Waals surface area contributed by atoms with Gasteiger partial charge in [0.1, 0.15) is 12.3 Å². The Morgan fingerprint density at radius 2 is 1.51 bits per heavy atom. The molecule has 35 heavy (non-hydrogen) atoms. The first-order valence-electron chi connectivity index (χ1n) is 12.8. The molecule has 2 fully saturated rings. The molecule has 2 saturated heterocycles. The highest BCUT2D eigenvalue weighted by molar-refractivity contribution is 6.83. The average Bonchev–Trinajstić information content (AvgIpc) is 3.07. The van der Waals surface area contributed by atoms with E-state index in [9.17, 15) is 14.7 Å². The van der Waals surface area contributed by atoms with E-state index < -0.39 is 46.3 Å². The van der Waals surface area contributed by atoms with Gasteiger partial charge in [0.25, 0.3) is 5.56 Å². The van der Waals surface area contributed by atoms with E-state index in [1.165, 1.54) is 10.6 Å². The lowest BCUT2D eigenvalue weighted by molar-refractivity contribution is -0.0607. The number of nitrogens with one attached hydrogen (secondary N) is 1. The number of H-pyrrole nitrogens is 1. The summed E-state index contributed by atoms with van der Waals surface area (Å²) in [5, 5.41) is 10.7. The highest BCUT2D eigenvalue weighted by atomic mass is 28.5. The number of nitrogens with zero attached hydrogens (tertiary/aromatic N) is 1. The van der Waals surface area contributed by atoms with Gasteiger partial charge in [0.15, 0.2) is 0 Å². The van der Waals surface area contributed by atoms with Crippen molar-refractivity contribution in [1.82, 2.24) is 9.55 Å². The molecule has 3 atom stereocenters. The Morgan fingerprint density at radius 1 is 0.971 bits per heavy atom. The molecule has 0 radical (unpaired) electrons. The molecule has 200 valence electrons. The molecule has 2 aliphatic rings. The summed E-state index contributed by atoms with van der Waals surface area (Å²) in [5.41, 5.74) is -1.60. The molecule has 3 rings (SSSR count). The Hall–Kier alpha value is -1.09. The standard InChI is InChI=1S/C24H44N2O7Si2/c1-14(2)34(15(3)4)30-13-19-18(32-35(33-34,16(5)6)17(7)8)11-22(31-19)26-20(24(9,10)29)12-21(27)25-23(26)28/h12,14-19,22,29H,11,13H2,1-10H3,(H,25,27,28)/t18-,19+,22+/m0/s1. The highest BCUT2D eigenvalue weighted by Gasteiger charge is 2.60. The van der Waals surface area contributed by atoms with E-state index in [1.807, 2.05) is 0 Å². The largest absolute Gasteiger partial charge is 0.414 e. The number of fused-ring (bicyclic) bond motifs is 1. The lowest BCUT2D eigenvalue weighted by Gasteiger charge is -2.51. The van der Waals surface area contributed by atoms with Crippen LogP contribution in [0.4, 0.5) is 0 Å². The van der Waals surface area contributed by atoms with Gasteiger partial charge in [0.2, 0.25) is 0 Å². The molecule has 0 bridgehead atoms. The Morgan fingerprint density at radius 3 is 2.00 bits per heavy atom. The van der Waals surface area contributed by atoms with Gasteiger partial charge in [-0.15, -0.1) is 0 Å². The molecule has 1 aromatic rings. The minimum atomic E-state index is -2.81. The maximum absolute atomic E-state index is 12.9. The third-order valence-electron chi connectivity index (χ3n) is 7.42. The Kier molecular flexibility index (Phi) is 8.13. The van der Waals surface area contributed by atoms with Crippen molar-refractivity contribution >= 4 is 17.1 Å². The second-order valence-electron chi connectivity index (χ2n) is 11.7. The summed E-state index contributed by atoms with van der Waals surface area (Å²) in [6.07, 6.45) is -1.06. The van der Waals surface area contributed by atoms with E-state index in [4.69, 9.17) is 17.7 Å². The van der Waals surface area contributed by atoms with Gasteiger partial charge in [-0.1, -0.05) is 55.4 Å². The van der Waals surface area contributed by atoms with E-state index in [2.05, 4.69) is 60.4 Å². The van der Waals surface area contributed by atoms with Gasteiger partial charge in [-0.05, 0) is 36.0 Å². The Bertz CT molecular complexity index is 996. The lowest BCUT2D eigenvalue weighted by atomic mass is 10.0. The predicted octanol–water partition coefficient (Wildman–Crippen LogP) is 4.01. The third kappa shape index (κ3) is 5.18. The summed E-state index contributed by atoms with van der Waals surface area (Å²) in [5.74, 6) is 0. The first-order valence-corrected chi connectivity index (χ1v) is 16.8. The van der Waals surface area contributed by atoms with Crippen molar-refractivity contribution in [3.05, 3.63) is 32.6 Å². The first kappa shape index (κ1) is 28.5. The Balaban J connectivity index is 2.10. The van der Waals surface area contributed by atoms with Crippen molar-refractivity contribution < 1.29 is 22.8 Å². The molecule has 0 amide bonds. The summed E-state index contributed by atoms with van der Waals surface area (Å²) in [7, 11) is -5.51. The van der Waals surface area contributed by atoms with Crippen LogP contribution in [-0.4, -0.2) is 50.6 Å². The molecule has 2 N–H and O–H groups in total. The molecule has 0 saturated carbocycles. The Labute approximate surface area is 210 Å². The van der Waals surface area contributed by atoms with Crippen molar-refractivity contribution in [3.8, 4) is 0 Å². The molecular weight excluding hydrogens is 484 g/mol. The number of ether oxygens (including phenoxy) is 1. The van der Waals surface area contributed by atoms with Crippen molar-refractivity contribution in [1.29, 1.82) is 0 Å². The molecule has 2 aliphatic heterocycles. The monoisotopic (exact) mass is 528 g/mol. The fourth-order valence-corrected chi connectivity index (χ4v) is 16.8. The van der Waals surface area contributed by atoms with Gasteiger partial charge in [0, 0.05) is 12.5 Å². The molecule has 0 aromatic carbocycles. The maximum atomic E-state index is 12.9. The van der Waals surface area contributed by atoms with E-state index in [1.54, 1.807) is 13.8 Å². The first-order chi connectivity index (χ1) is 16.0. The summed E-state index contributed by atoms with van der Waals surface area (Å²) in [4.78, 5) is 27.2. The molecule has 0 aliphatic carbocycles. The van der Waals surface area contributed by atoms with E-state index in [-0.39, 0.29) is 34.0 Å². The van der Waals surface area contributed by atoms with Crippen molar-refractivity contribution in [2.75, 3.05) is 6.61 Å². The average molecular weight is 529 g/mol. The second kappa shape index (κ2) is 9.99. The number of aliphatic hydroxyl groups is 1. The second-order valence-corrected chi connectivity index (χ2v) is 20.6. The third-order valence-corrected chi connectivity index (χ3v) is 17.7. The zero-order chi connectivity index (χ0) is 26.5. The van der Waals surface area contributed by atoms with Crippen LogP contribution in [0.5, 0.6) is 0 Å². The number of aromatic nitrogens is 2. The number of rotatable bonds is 6. The molecule has 0 spiro atoms. The van der Waals surface area contributed by atoms with Crippen LogP contribution in [0.2, 0.25) is 22.2 Å². The quantitative estimate of drug-likeness (QED) is 0.537. The molecular formula is C24H44N2O7Si2. The molecule has 9 nitrogen and oxygen atoms in total. The van der Waals surface area contributed by atoms with Crippen LogP contribution in [0, 0.1) is 0 Å². The summed E-state index contributed by atoms with van der Waals surface area (Å²) in [6.45, 7) is 20.7. The van der Waals surface area contributed by atoms with Crippen LogP contribution in [0.1, 0.15) is 87.6 Å². The SMILES string of the molecule is CC(C)[Si]1(C(C)C)OC[C@H]2O[C@@H](n3c(C(C)(C)O)cc(=O)[nH]c3=O)C[C@@H]2O[Si](C(C)C)(C(C)C)O1. The number of hydrogen-bond donors (Lipinski definition) is 2. The van der Waals surface area contributed by atoms with Crippen LogP contribution < -0.4 is 11.2 Å². The molecule has 0 unspecified atom stereocenters. The number of hydrogen-bond acceptors (Lipinski definition) is 7. The van der Waals surface area contributed by atoms with Gasteiger partial charge in [0.05, 0.1) is 24.0 Å². The van der Waals surface area contributed by atoms with E-state index in [0.29, 0.717) is 13.0 Å². The van der Waals surface area contributed by atoms with Gasteiger partial charge in [-0.2, -0.15) is 0 Å². The van der Waals surface area contributed by atoms with Crippen molar-refractivity contribution in [3.63, 3.8) is 0 Å². The predicted molar refractivity (Wildman–Crippen MR) is 139 cm³/mol. The topological polar surface area (TPSA) is 112 Å². The minimum absolute atomic E-state index is 0.177. The smallest absolute Gasteiger partial charge is 0.335 e. The van der Waals surface area contributed by atoms with Gasteiger partial charge < -0.3 is 22.8 Å². The van der Waals surface area contributed by atoms with E-state index in [0.717, 1.165) is 0 Å². The van der Waals surface area contributed by atoms with Gasteiger partial charge >= 0.3 is 22.8 Å². The van der Waals surface area contributed by atoms with Crippen LogP contribution in [0.15, 0.2) is 15.7 Å². The van der Waals surface area contributed by atoms with Gasteiger partial charge in [-0.25, -0.2) is 4.79 Å². The lowest BCUT2D eigenvalue weighted by Crippen LogP contribution is -2.65. The van der Waals surface area contributed by atoms with Crippen LogP contribution >= 0.6 is 0 Å². The molecule has 1 aromatic heterocycles. The van der Waals surface area contributed by atoms with Crippen molar-refractivity contribution in [2.45, 2.75) is 122 Å². The zero-order valence-corrected chi connectivity index (χ0v) is 24.9. The summed E-state index contributed by atoms with van der Waals surface area (Å²) in [6, 6.07) is 1.25. The summed E-state index contributed by atoms with van der Waals surface area (Å²) < 4.78 is 28.7.